The van der Waals surface area contributed by atoms with Gasteiger partial charge in [-0.2, -0.15) is 0 Å². The number of benzene rings is 3. The Morgan fingerprint density at radius 3 is 2.06 bits per heavy atom. The van der Waals surface area contributed by atoms with Gasteiger partial charge in [0.1, 0.15) is 18.1 Å². The van der Waals surface area contributed by atoms with Gasteiger partial charge in [0.15, 0.2) is 11.0 Å². The summed E-state index contributed by atoms with van der Waals surface area (Å²) in [5.41, 5.74) is 1.70. The molecule has 2 amide bonds. The zero-order chi connectivity index (χ0) is 23.5. The van der Waals surface area contributed by atoms with Gasteiger partial charge < -0.3 is 9.47 Å². The molecule has 0 N–H and O–H groups in total. The molecule has 4 aromatic rings. The molecule has 3 aromatic carbocycles. The van der Waals surface area contributed by atoms with E-state index in [9.17, 15) is 9.59 Å². The molecule has 8 nitrogen and oxygen atoms in total. The number of carbonyl (C=O) groups is 2. The summed E-state index contributed by atoms with van der Waals surface area (Å²) in [5.74, 6) is 1.52. The molecule has 0 bridgehead atoms. The van der Waals surface area contributed by atoms with Crippen molar-refractivity contribution in [2.24, 2.45) is 0 Å². The van der Waals surface area contributed by atoms with Crippen LogP contribution in [0.1, 0.15) is 26.5 Å². The minimum Gasteiger partial charge on any atom is -0.497 e. The smallest absolute Gasteiger partial charge is 0.262 e. The van der Waals surface area contributed by atoms with Crippen molar-refractivity contribution in [3.63, 3.8) is 0 Å². The van der Waals surface area contributed by atoms with Gasteiger partial charge in [0.05, 0.1) is 24.1 Å². The second-order valence-corrected chi connectivity index (χ2v) is 8.30. The van der Waals surface area contributed by atoms with Crippen LogP contribution in [-0.4, -0.2) is 44.5 Å². The van der Waals surface area contributed by atoms with Crippen LogP contribution in [0.3, 0.4) is 0 Å². The number of hydrogen-bond donors (Lipinski definition) is 0. The number of rotatable bonds is 8. The van der Waals surface area contributed by atoms with E-state index in [0.717, 1.165) is 11.4 Å². The Bertz CT molecular complexity index is 1300. The van der Waals surface area contributed by atoms with Crippen molar-refractivity contribution >= 4 is 23.6 Å². The third kappa shape index (κ3) is 4.13. The Labute approximate surface area is 200 Å². The summed E-state index contributed by atoms with van der Waals surface area (Å²) in [6.07, 6.45) is 0. The molecular weight excluding hydrogens is 452 g/mol. The first-order chi connectivity index (χ1) is 16.7. The first-order valence-corrected chi connectivity index (χ1v) is 11.5. The monoisotopic (exact) mass is 472 g/mol. The van der Waals surface area contributed by atoms with Crippen molar-refractivity contribution in [1.82, 2.24) is 19.7 Å². The number of aromatic nitrogens is 3. The van der Waals surface area contributed by atoms with Crippen LogP contribution in [0.2, 0.25) is 0 Å². The summed E-state index contributed by atoms with van der Waals surface area (Å²) >= 11 is 1.27. The van der Waals surface area contributed by atoms with Crippen LogP contribution in [0.4, 0.5) is 0 Å². The number of amides is 2. The van der Waals surface area contributed by atoms with Gasteiger partial charge in [0, 0.05) is 5.69 Å². The van der Waals surface area contributed by atoms with E-state index in [0.29, 0.717) is 27.9 Å². The molecule has 0 saturated carbocycles. The largest absolute Gasteiger partial charge is 0.497 e. The van der Waals surface area contributed by atoms with E-state index in [-0.39, 0.29) is 24.3 Å². The summed E-state index contributed by atoms with van der Waals surface area (Å²) < 4.78 is 13.0. The Hall–Kier alpha value is -4.11. The Morgan fingerprint density at radius 1 is 0.794 bits per heavy atom. The van der Waals surface area contributed by atoms with E-state index in [4.69, 9.17) is 9.47 Å². The SMILES string of the molecule is COc1ccc(OCc2nnc(SCN3C(=O)c4ccccc4C3=O)n2-c2ccccc2)cc1. The van der Waals surface area contributed by atoms with Crippen molar-refractivity contribution in [3.8, 4) is 17.2 Å². The molecule has 2 heterocycles. The highest BCUT2D eigenvalue weighted by Gasteiger charge is 2.35. The molecule has 0 spiro atoms. The molecule has 0 aliphatic carbocycles. The normalized spacial score (nSPS) is 12.7. The highest BCUT2D eigenvalue weighted by molar-refractivity contribution is 7.99. The Kier molecular flexibility index (Phi) is 6.01. The lowest BCUT2D eigenvalue weighted by molar-refractivity contribution is 0.0684. The molecule has 0 unspecified atom stereocenters. The van der Waals surface area contributed by atoms with Crippen LogP contribution < -0.4 is 9.47 Å². The lowest BCUT2D eigenvalue weighted by atomic mass is 10.1. The van der Waals surface area contributed by atoms with Gasteiger partial charge in [0.25, 0.3) is 11.8 Å². The van der Waals surface area contributed by atoms with Gasteiger partial charge in [-0.05, 0) is 48.5 Å². The number of ether oxygens (including phenoxy) is 2. The molecule has 1 aromatic heterocycles. The first-order valence-electron chi connectivity index (χ1n) is 10.5. The zero-order valence-electron chi connectivity index (χ0n) is 18.2. The molecule has 1 aliphatic heterocycles. The lowest BCUT2D eigenvalue weighted by Gasteiger charge is -2.14. The Morgan fingerprint density at radius 2 is 1.41 bits per heavy atom. The highest BCUT2D eigenvalue weighted by atomic mass is 32.2. The van der Waals surface area contributed by atoms with Crippen LogP contribution in [0.15, 0.2) is 84.0 Å². The summed E-state index contributed by atoms with van der Waals surface area (Å²) in [6.45, 7) is 0.182. The van der Waals surface area contributed by atoms with Crippen molar-refractivity contribution in [2.75, 3.05) is 13.0 Å². The minimum absolute atomic E-state index is 0.122. The number of nitrogens with zero attached hydrogens (tertiary/aromatic N) is 4. The van der Waals surface area contributed by atoms with E-state index in [2.05, 4.69) is 10.2 Å². The maximum Gasteiger partial charge on any atom is 0.262 e. The van der Waals surface area contributed by atoms with Gasteiger partial charge >= 0.3 is 0 Å². The molecule has 5 rings (SSSR count). The van der Waals surface area contributed by atoms with Crippen LogP contribution in [-0.2, 0) is 6.61 Å². The third-order valence-corrected chi connectivity index (χ3v) is 6.25. The second kappa shape index (κ2) is 9.40. The average Bonchev–Trinajstić information content (AvgIpc) is 3.40. The quantitative estimate of drug-likeness (QED) is 0.281. The Balaban J connectivity index is 1.37. The number of fused-ring (bicyclic) bond motifs is 1. The van der Waals surface area contributed by atoms with Gasteiger partial charge in [-0.15, -0.1) is 10.2 Å². The number of carbonyl (C=O) groups excluding carboxylic acids is 2. The first kappa shape index (κ1) is 21.7. The van der Waals surface area contributed by atoms with Crippen molar-refractivity contribution in [1.29, 1.82) is 0 Å². The number of imide groups is 1. The lowest BCUT2D eigenvalue weighted by Crippen LogP contribution is -2.29. The van der Waals surface area contributed by atoms with E-state index < -0.39 is 0 Å². The summed E-state index contributed by atoms with van der Waals surface area (Å²) in [6, 6.07) is 23.8. The number of hydrogen-bond acceptors (Lipinski definition) is 7. The molecule has 0 atom stereocenters. The van der Waals surface area contributed by atoms with E-state index >= 15 is 0 Å². The molecule has 1 aliphatic rings. The molecular formula is C25H20N4O4S. The van der Waals surface area contributed by atoms with Gasteiger partial charge in [0.2, 0.25) is 0 Å². The van der Waals surface area contributed by atoms with Crippen LogP contribution >= 0.6 is 11.8 Å². The van der Waals surface area contributed by atoms with E-state index in [1.807, 2.05) is 59.2 Å². The van der Waals surface area contributed by atoms with Gasteiger partial charge in [-0.3, -0.25) is 19.1 Å². The minimum atomic E-state index is -0.304. The molecule has 34 heavy (non-hydrogen) atoms. The topological polar surface area (TPSA) is 86.6 Å². The summed E-state index contributed by atoms with van der Waals surface area (Å²) in [4.78, 5) is 26.7. The van der Waals surface area contributed by atoms with Crippen molar-refractivity contribution < 1.29 is 19.1 Å². The van der Waals surface area contributed by atoms with Crippen LogP contribution in [0.5, 0.6) is 11.5 Å². The molecule has 9 heteroatoms. The molecule has 0 fully saturated rings. The summed E-state index contributed by atoms with van der Waals surface area (Å²) in [7, 11) is 1.61. The maximum absolute atomic E-state index is 12.7. The number of methoxy groups -OCH3 is 1. The molecule has 170 valence electrons. The predicted molar refractivity (Wildman–Crippen MR) is 126 cm³/mol. The van der Waals surface area contributed by atoms with E-state index in [1.54, 1.807) is 31.4 Å². The van der Waals surface area contributed by atoms with Gasteiger partial charge in [-0.1, -0.05) is 42.1 Å². The fourth-order valence-corrected chi connectivity index (χ4v) is 4.54. The average molecular weight is 473 g/mol. The maximum atomic E-state index is 12.7. The highest BCUT2D eigenvalue weighted by Crippen LogP contribution is 2.28. The summed E-state index contributed by atoms with van der Waals surface area (Å²) in [5, 5.41) is 9.19. The number of para-hydroxylation sites is 1. The molecule has 0 radical (unpaired) electrons. The fraction of sp³-hybridized carbons (Fsp3) is 0.120. The van der Waals surface area contributed by atoms with Crippen LogP contribution in [0.25, 0.3) is 5.69 Å². The predicted octanol–water partition coefficient (Wildman–Crippen LogP) is 4.20. The molecule has 0 saturated heterocycles. The van der Waals surface area contributed by atoms with Crippen LogP contribution in [0, 0.1) is 0 Å². The number of thioether (sulfide) groups is 1. The van der Waals surface area contributed by atoms with E-state index in [1.165, 1.54) is 16.7 Å². The standard InChI is InChI=1S/C25H20N4O4S/c1-32-18-11-13-19(14-12-18)33-15-22-26-27-25(29(22)17-7-3-2-4-8-17)34-16-28-23(30)20-9-5-6-10-21(20)24(28)31/h2-14H,15-16H2,1H3. The van der Waals surface area contributed by atoms with Crippen molar-refractivity contribution in [3.05, 3.63) is 95.8 Å². The third-order valence-electron chi connectivity index (χ3n) is 5.34. The zero-order valence-corrected chi connectivity index (χ0v) is 19.1. The van der Waals surface area contributed by atoms with Crippen molar-refractivity contribution in [2.45, 2.75) is 11.8 Å². The fourth-order valence-electron chi connectivity index (χ4n) is 3.62. The van der Waals surface area contributed by atoms with Gasteiger partial charge in [-0.25, -0.2) is 0 Å². The second-order valence-electron chi connectivity index (χ2n) is 7.39.